The molecule has 0 radical (unpaired) electrons. The zero-order valence-corrected chi connectivity index (χ0v) is 10.9. The quantitative estimate of drug-likeness (QED) is 0.735. The van der Waals surface area contributed by atoms with Crippen LogP contribution in [0.5, 0.6) is 0 Å². The van der Waals surface area contributed by atoms with E-state index in [0.29, 0.717) is 6.04 Å². The molecule has 1 saturated carbocycles. The number of hydrogen-bond acceptors (Lipinski definition) is 4. The maximum Gasteiger partial charge on any atom is 0.0791 e. The molecule has 4 heteroatoms. The zero-order chi connectivity index (χ0) is 12.1. The van der Waals surface area contributed by atoms with Crippen LogP contribution in [0.4, 0.5) is 0 Å². The number of β-amino-alcohol motifs (C(OH)–C–C–N with tert-alkyl or cyclic N) is 1. The number of aliphatic hydroxyl groups excluding tert-OH is 1. The van der Waals surface area contributed by atoms with E-state index >= 15 is 0 Å². The Hall–Kier alpha value is -0.160. The van der Waals surface area contributed by atoms with Gasteiger partial charge < -0.3 is 15.2 Å². The molecule has 2 fully saturated rings. The Balaban J connectivity index is 1.58. The van der Waals surface area contributed by atoms with Gasteiger partial charge >= 0.3 is 0 Å². The van der Waals surface area contributed by atoms with E-state index in [1.54, 1.807) is 0 Å². The Labute approximate surface area is 104 Å². The summed E-state index contributed by atoms with van der Waals surface area (Å²) < 4.78 is 5.30. The predicted molar refractivity (Wildman–Crippen MR) is 68.1 cm³/mol. The molecule has 2 rings (SSSR count). The third-order valence-electron chi connectivity index (χ3n) is 3.91. The largest absolute Gasteiger partial charge is 0.390 e. The molecule has 0 spiro atoms. The van der Waals surface area contributed by atoms with Crippen molar-refractivity contribution in [1.82, 2.24) is 10.2 Å². The van der Waals surface area contributed by atoms with E-state index in [0.717, 1.165) is 45.3 Å². The smallest absolute Gasteiger partial charge is 0.0791 e. The first-order chi connectivity index (χ1) is 8.24. The molecule has 1 saturated heterocycles. The van der Waals surface area contributed by atoms with E-state index < -0.39 is 0 Å². The number of rotatable bonds is 5. The summed E-state index contributed by atoms with van der Waals surface area (Å²) in [5, 5.41) is 13.5. The normalized spacial score (nSPS) is 32.8. The second-order valence-corrected chi connectivity index (χ2v) is 5.59. The van der Waals surface area contributed by atoms with Crippen LogP contribution in [-0.2, 0) is 4.74 Å². The van der Waals surface area contributed by atoms with Crippen molar-refractivity contribution in [1.29, 1.82) is 0 Å². The minimum Gasteiger partial charge on any atom is -0.390 e. The molecule has 0 bridgehead atoms. The van der Waals surface area contributed by atoms with Gasteiger partial charge in [0.1, 0.15) is 0 Å². The molecule has 100 valence electrons. The minimum absolute atomic E-state index is 0.246. The Morgan fingerprint density at radius 2 is 2.12 bits per heavy atom. The van der Waals surface area contributed by atoms with Crippen LogP contribution in [0.2, 0.25) is 0 Å². The Bertz CT molecular complexity index is 219. The van der Waals surface area contributed by atoms with Gasteiger partial charge in [0.05, 0.1) is 19.3 Å². The average molecular weight is 242 g/mol. The molecule has 3 atom stereocenters. The van der Waals surface area contributed by atoms with E-state index in [1.807, 2.05) is 0 Å². The number of nitrogens with zero attached hydrogens (tertiary/aromatic N) is 1. The summed E-state index contributed by atoms with van der Waals surface area (Å²) >= 11 is 0. The molecule has 0 aromatic rings. The van der Waals surface area contributed by atoms with Crippen molar-refractivity contribution in [3.05, 3.63) is 0 Å². The first kappa shape index (κ1) is 13.3. The second-order valence-electron chi connectivity index (χ2n) is 5.59. The molecule has 2 N–H and O–H groups in total. The number of hydrogen-bond donors (Lipinski definition) is 2. The van der Waals surface area contributed by atoms with Crippen molar-refractivity contribution >= 4 is 0 Å². The summed E-state index contributed by atoms with van der Waals surface area (Å²) in [5.41, 5.74) is 0. The molecule has 1 aliphatic heterocycles. The molecule has 17 heavy (non-hydrogen) atoms. The average Bonchev–Trinajstić information content (AvgIpc) is 2.74. The van der Waals surface area contributed by atoms with Gasteiger partial charge in [0.15, 0.2) is 0 Å². The molecule has 0 aromatic carbocycles. The molecule has 0 aromatic heterocycles. The van der Waals surface area contributed by atoms with Crippen molar-refractivity contribution in [3.63, 3.8) is 0 Å². The fraction of sp³-hybridized carbons (Fsp3) is 1.00. The van der Waals surface area contributed by atoms with Gasteiger partial charge in [-0.25, -0.2) is 0 Å². The Morgan fingerprint density at radius 1 is 1.35 bits per heavy atom. The molecular weight excluding hydrogens is 216 g/mol. The lowest BCUT2D eigenvalue weighted by molar-refractivity contribution is 0.0145. The van der Waals surface area contributed by atoms with Crippen LogP contribution in [-0.4, -0.2) is 61.5 Å². The highest BCUT2D eigenvalue weighted by Gasteiger charge is 2.22. The maximum atomic E-state index is 9.98. The van der Waals surface area contributed by atoms with Crippen LogP contribution in [0.15, 0.2) is 0 Å². The predicted octanol–water partition coefficient (Wildman–Crippen LogP) is 0.458. The lowest BCUT2D eigenvalue weighted by Gasteiger charge is -2.29. The topological polar surface area (TPSA) is 44.7 Å². The highest BCUT2D eigenvalue weighted by atomic mass is 16.5. The van der Waals surface area contributed by atoms with Crippen LogP contribution in [0, 0.1) is 5.92 Å². The highest BCUT2D eigenvalue weighted by Crippen LogP contribution is 2.24. The number of morpholine rings is 1. The minimum atomic E-state index is -0.246. The van der Waals surface area contributed by atoms with Crippen LogP contribution in [0.25, 0.3) is 0 Å². The van der Waals surface area contributed by atoms with Crippen molar-refractivity contribution < 1.29 is 9.84 Å². The van der Waals surface area contributed by atoms with Gasteiger partial charge in [-0.3, -0.25) is 4.90 Å². The van der Waals surface area contributed by atoms with E-state index in [9.17, 15) is 5.11 Å². The summed E-state index contributed by atoms with van der Waals surface area (Å²) in [6.07, 6.45) is 3.62. The SMILES string of the molecule is CC1CCC(NCC(O)CN2CCOCC2)C1. The molecular formula is C13H26N2O2. The first-order valence-corrected chi connectivity index (χ1v) is 6.95. The second kappa shape index (κ2) is 6.69. The summed E-state index contributed by atoms with van der Waals surface area (Å²) in [5.74, 6) is 0.851. The molecule has 4 nitrogen and oxygen atoms in total. The van der Waals surface area contributed by atoms with Crippen molar-refractivity contribution in [2.45, 2.75) is 38.3 Å². The summed E-state index contributed by atoms with van der Waals surface area (Å²) in [6, 6.07) is 0.629. The molecule has 3 unspecified atom stereocenters. The zero-order valence-electron chi connectivity index (χ0n) is 10.9. The summed E-state index contributed by atoms with van der Waals surface area (Å²) in [4.78, 5) is 2.28. The number of aliphatic hydroxyl groups is 1. The lowest BCUT2D eigenvalue weighted by atomic mass is 10.1. The van der Waals surface area contributed by atoms with E-state index in [1.165, 1.54) is 19.3 Å². The lowest BCUT2D eigenvalue weighted by Crippen LogP contribution is -2.45. The number of ether oxygens (including phenoxy) is 1. The van der Waals surface area contributed by atoms with Crippen molar-refractivity contribution in [2.24, 2.45) is 5.92 Å². The molecule has 0 amide bonds. The van der Waals surface area contributed by atoms with Gasteiger partial charge in [-0.2, -0.15) is 0 Å². The van der Waals surface area contributed by atoms with Gasteiger partial charge in [0.2, 0.25) is 0 Å². The summed E-state index contributed by atoms with van der Waals surface area (Å²) in [6.45, 7) is 7.34. The Kier molecular flexibility index (Phi) is 5.22. The van der Waals surface area contributed by atoms with Gasteiger partial charge in [0, 0.05) is 32.2 Å². The van der Waals surface area contributed by atoms with E-state index in [4.69, 9.17) is 4.74 Å². The van der Waals surface area contributed by atoms with Crippen LogP contribution in [0.1, 0.15) is 26.2 Å². The van der Waals surface area contributed by atoms with Crippen molar-refractivity contribution in [3.8, 4) is 0 Å². The van der Waals surface area contributed by atoms with Gasteiger partial charge in [-0.15, -0.1) is 0 Å². The van der Waals surface area contributed by atoms with Crippen molar-refractivity contribution in [2.75, 3.05) is 39.4 Å². The number of nitrogens with one attached hydrogen (secondary N) is 1. The monoisotopic (exact) mass is 242 g/mol. The van der Waals surface area contributed by atoms with Crippen LogP contribution in [0.3, 0.4) is 0 Å². The Morgan fingerprint density at radius 3 is 2.76 bits per heavy atom. The van der Waals surface area contributed by atoms with Gasteiger partial charge in [-0.05, 0) is 25.2 Å². The molecule has 1 aliphatic carbocycles. The molecule has 1 heterocycles. The third kappa shape index (κ3) is 4.54. The van der Waals surface area contributed by atoms with Crippen LogP contribution >= 0.6 is 0 Å². The first-order valence-electron chi connectivity index (χ1n) is 6.95. The van der Waals surface area contributed by atoms with E-state index in [-0.39, 0.29) is 6.10 Å². The molecule has 2 aliphatic rings. The third-order valence-corrected chi connectivity index (χ3v) is 3.91. The fourth-order valence-electron chi connectivity index (χ4n) is 2.84. The standard InChI is InChI=1S/C13H26N2O2/c1-11-2-3-12(8-11)14-9-13(16)10-15-4-6-17-7-5-15/h11-14,16H,2-10H2,1H3. The summed E-state index contributed by atoms with van der Waals surface area (Å²) in [7, 11) is 0. The van der Waals surface area contributed by atoms with E-state index in [2.05, 4.69) is 17.1 Å². The van der Waals surface area contributed by atoms with Gasteiger partial charge in [-0.1, -0.05) is 6.92 Å². The van der Waals surface area contributed by atoms with Gasteiger partial charge in [0.25, 0.3) is 0 Å². The highest BCUT2D eigenvalue weighted by molar-refractivity contribution is 4.80. The maximum absolute atomic E-state index is 9.98. The fourth-order valence-corrected chi connectivity index (χ4v) is 2.84. The van der Waals surface area contributed by atoms with Crippen LogP contribution < -0.4 is 5.32 Å².